The molecule has 1 fully saturated rings. The molecule has 1 heterocycles. The number of unbranched alkanes of at least 4 members (excludes halogenated alkanes) is 1. The van der Waals surface area contributed by atoms with Crippen molar-refractivity contribution in [3.8, 4) is 0 Å². The van der Waals surface area contributed by atoms with Crippen LogP contribution >= 0.6 is 23.2 Å². The average Bonchev–Trinajstić information content (AvgIpc) is 2.48. The number of rotatable bonds is 7. The van der Waals surface area contributed by atoms with Gasteiger partial charge in [0.1, 0.15) is 4.90 Å². The molecule has 1 aliphatic rings. The second-order valence-corrected chi connectivity index (χ2v) is 9.38. The van der Waals surface area contributed by atoms with Crippen LogP contribution in [0.3, 0.4) is 0 Å². The monoisotopic (exact) mass is 392 g/mol. The fraction of sp³-hybridized carbons (Fsp3) is 0.647. The van der Waals surface area contributed by atoms with E-state index in [9.17, 15) is 8.42 Å². The van der Waals surface area contributed by atoms with E-state index in [1.165, 1.54) is 12.5 Å². The number of benzene rings is 1. The number of hydrogen-bond donors (Lipinski definition) is 1. The Kier molecular flexibility index (Phi) is 7.38. The van der Waals surface area contributed by atoms with Gasteiger partial charge in [-0.05, 0) is 49.8 Å². The van der Waals surface area contributed by atoms with Crippen molar-refractivity contribution in [2.45, 2.75) is 38.0 Å². The zero-order chi connectivity index (χ0) is 17.7. The highest BCUT2D eigenvalue weighted by Gasteiger charge is 2.21. The van der Waals surface area contributed by atoms with E-state index in [0.717, 1.165) is 44.3 Å². The van der Waals surface area contributed by atoms with Crippen molar-refractivity contribution in [1.29, 1.82) is 0 Å². The Labute approximate surface area is 155 Å². The number of hydrogen-bond acceptors (Lipinski definition) is 3. The predicted molar refractivity (Wildman–Crippen MR) is 100 cm³/mol. The number of nitrogens with one attached hydrogen (secondary N) is 1. The smallest absolute Gasteiger partial charge is 0.242 e. The van der Waals surface area contributed by atoms with Crippen molar-refractivity contribution in [1.82, 2.24) is 9.62 Å². The minimum Gasteiger partial charge on any atom is -0.303 e. The lowest BCUT2D eigenvalue weighted by molar-refractivity contribution is 0.139. The van der Waals surface area contributed by atoms with Gasteiger partial charge in [-0.25, -0.2) is 13.1 Å². The maximum Gasteiger partial charge on any atom is 0.242 e. The molecule has 1 saturated heterocycles. The standard InChI is InChI=1S/C17H26Cl2N2O2S/c1-13-10-14(2)12-21(11-13)9-4-3-8-20-24(22,23)16-7-5-6-15(18)17(16)19/h5-7,13-14,20H,3-4,8-12H2,1-2H3/t13-,14+. The summed E-state index contributed by atoms with van der Waals surface area (Å²) < 4.78 is 27.2. The molecule has 24 heavy (non-hydrogen) atoms. The molecule has 1 aromatic carbocycles. The van der Waals surface area contributed by atoms with Crippen LogP contribution in [0, 0.1) is 11.8 Å². The van der Waals surface area contributed by atoms with E-state index in [4.69, 9.17) is 23.2 Å². The van der Waals surface area contributed by atoms with Crippen LogP contribution in [-0.2, 0) is 10.0 Å². The highest BCUT2D eigenvalue weighted by molar-refractivity contribution is 7.89. The van der Waals surface area contributed by atoms with Gasteiger partial charge in [-0.1, -0.05) is 43.1 Å². The number of piperidine rings is 1. The Bertz CT molecular complexity index is 642. The summed E-state index contributed by atoms with van der Waals surface area (Å²) in [7, 11) is -3.62. The summed E-state index contributed by atoms with van der Waals surface area (Å²) in [5.41, 5.74) is 0. The Morgan fingerprint density at radius 3 is 2.50 bits per heavy atom. The van der Waals surface area contributed by atoms with E-state index in [1.54, 1.807) is 12.1 Å². The highest BCUT2D eigenvalue weighted by atomic mass is 35.5. The van der Waals surface area contributed by atoms with Crippen molar-refractivity contribution in [2.24, 2.45) is 11.8 Å². The molecular formula is C17H26Cl2N2O2S. The normalized spacial score (nSPS) is 22.7. The zero-order valence-electron chi connectivity index (χ0n) is 14.3. The van der Waals surface area contributed by atoms with Crippen LogP contribution in [0.5, 0.6) is 0 Å². The molecular weight excluding hydrogens is 367 g/mol. The van der Waals surface area contributed by atoms with Crippen molar-refractivity contribution < 1.29 is 8.42 Å². The lowest BCUT2D eigenvalue weighted by Gasteiger charge is -2.34. The SMILES string of the molecule is C[C@@H]1C[C@H](C)CN(CCCCNS(=O)(=O)c2cccc(Cl)c2Cl)C1. The van der Waals surface area contributed by atoms with Gasteiger partial charge >= 0.3 is 0 Å². The molecule has 2 rings (SSSR count). The van der Waals surface area contributed by atoms with Gasteiger partial charge in [0.15, 0.2) is 0 Å². The van der Waals surface area contributed by atoms with E-state index in [2.05, 4.69) is 23.5 Å². The first-order valence-corrected chi connectivity index (χ1v) is 10.7. The number of halogens is 2. The van der Waals surface area contributed by atoms with Crippen LogP contribution in [0.1, 0.15) is 33.1 Å². The maximum atomic E-state index is 12.3. The van der Waals surface area contributed by atoms with Gasteiger partial charge in [0, 0.05) is 19.6 Å². The summed E-state index contributed by atoms with van der Waals surface area (Å²) in [4.78, 5) is 2.52. The molecule has 0 radical (unpaired) electrons. The van der Waals surface area contributed by atoms with Crippen LogP contribution in [0.15, 0.2) is 23.1 Å². The highest BCUT2D eigenvalue weighted by Crippen LogP contribution is 2.28. The molecule has 1 N–H and O–H groups in total. The second-order valence-electron chi connectivity index (χ2n) is 6.86. The molecule has 136 valence electrons. The van der Waals surface area contributed by atoms with E-state index in [0.29, 0.717) is 6.54 Å². The fourth-order valence-electron chi connectivity index (χ4n) is 3.41. The summed E-state index contributed by atoms with van der Waals surface area (Å²) >= 11 is 11.9. The van der Waals surface area contributed by atoms with Gasteiger partial charge in [-0.3, -0.25) is 0 Å². The van der Waals surface area contributed by atoms with E-state index >= 15 is 0 Å². The lowest BCUT2D eigenvalue weighted by Crippen LogP contribution is -2.39. The van der Waals surface area contributed by atoms with Gasteiger partial charge < -0.3 is 4.90 Å². The topological polar surface area (TPSA) is 49.4 Å². The fourth-order valence-corrected chi connectivity index (χ4v) is 5.24. The molecule has 4 nitrogen and oxygen atoms in total. The summed E-state index contributed by atoms with van der Waals surface area (Å²) in [6.45, 7) is 8.32. The Balaban J connectivity index is 1.76. The molecule has 0 saturated carbocycles. The number of likely N-dealkylation sites (tertiary alicyclic amines) is 1. The van der Waals surface area contributed by atoms with E-state index < -0.39 is 10.0 Å². The van der Waals surface area contributed by atoms with Gasteiger partial charge in [0.05, 0.1) is 10.0 Å². The molecule has 1 aromatic rings. The number of sulfonamides is 1. The summed E-state index contributed by atoms with van der Waals surface area (Å²) in [6.07, 6.45) is 3.08. The lowest BCUT2D eigenvalue weighted by atomic mass is 9.92. The van der Waals surface area contributed by atoms with Gasteiger partial charge in [-0.2, -0.15) is 0 Å². The molecule has 0 spiro atoms. The second kappa shape index (κ2) is 8.86. The molecule has 0 aliphatic carbocycles. The Hall–Kier alpha value is -0.330. The third-order valence-electron chi connectivity index (χ3n) is 4.34. The molecule has 0 aromatic heterocycles. The van der Waals surface area contributed by atoms with Crippen LogP contribution in [0.4, 0.5) is 0 Å². The Morgan fingerprint density at radius 1 is 1.17 bits per heavy atom. The minimum atomic E-state index is -3.62. The summed E-state index contributed by atoms with van der Waals surface area (Å²) in [5, 5.41) is 0.316. The first-order valence-electron chi connectivity index (χ1n) is 8.45. The van der Waals surface area contributed by atoms with Crippen LogP contribution in [-0.4, -0.2) is 39.5 Å². The zero-order valence-corrected chi connectivity index (χ0v) is 16.6. The van der Waals surface area contributed by atoms with Crippen molar-refractivity contribution in [3.63, 3.8) is 0 Å². The first-order chi connectivity index (χ1) is 11.3. The van der Waals surface area contributed by atoms with Gasteiger partial charge in [-0.15, -0.1) is 0 Å². The third kappa shape index (κ3) is 5.60. The minimum absolute atomic E-state index is 0.0374. The maximum absolute atomic E-state index is 12.3. The van der Waals surface area contributed by atoms with Gasteiger partial charge in [0.2, 0.25) is 10.0 Å². The van der Waals surface area contributed by atoms with Crippen molar-refractivity contribution in [2.75, 3.05) is 26.2 Å². The largest absolute Gasteiger partial charge is 0.303 e. The van der Waals surface area contributed by atoms with Crippen LogP contribution < -0.4 is 4.72 Å². The van der Waals surface area contributed by atoms with Gasteiger partial charge in [0.25, 0.3) is 0 Å². The summed E-state index contributed by atoms with van der Waals surface area (Å²) in [6, 6.07) is 4.62. The predicted octanol–water partition coefficient (Wildman–Crippen LogP) is 4.03. The first kappa shape index (κ1) is 20.0. The molecule has 7 heteroatoms. The average molecular weight is 393 g/mol. The van der Waals surface area contributed by atoms with Crippen molar-refractivity contribution >= 4 is 33.2 Å². The number of nitrogens with zero attached hydrogens (tertiary/aromatic N) is 1. The molecule has 1 aliphatic heterocycles. The van der Waals surface area contributed by atoms with E-state index in [-0.39, 0.29) is 14.9 Å². The third-order valence-corrected chi connectivity index (χ3v) is 6.78. The summed E-state index contributed by atoms with van der Waals surface area (Å²) in [5.74, 6) is 1.49. The van der Waals surface area contributed by atoms with Crippen LogP contribution in [0.25, 0.3) is 0 Å². The molecule has 0 amide bonds. The van der Waals surface area contributed by atoms with Crippen molar-refractivity contribution in [3.05, 3.63) is 28.2 Å². The molecule has 2 atom stereocenters. The molecule has 0 unspecified atom stereocenters. The van der Waals surface area contributed by atoms with Crippen LogP contribution in [0.2, 0.25) is 10.0 Å². The quantitative estimate of drug-likeness (QED) is 0.712. The Morgan fingerprint density at radius 2 is 1.83 bits per heavy atom. The molecule has 0 bridgehead atoms. The van der Waals surface area contributed by atoms with E-state index in [1.807, 2.05) is 0 Å².